The lowest BCUT2D eigenvalue weighted by Gasteiger charge is -2.18. The monoisotopic (exact) mass is 430 g/mol. The van der Waals surface area contributed by atoms with Crippen molar-refractivity contribution in [3.8, 4) is 5.75 Å². The second-order valence-electron chi connectivity index (χ2n) is 6.70. The molecule has 0 radical (unpaired) electrons. The normalized spacial score (nSPS) is 11.7. The van der Waals surface area contributed by atoms with Gasteiger partial charge in [-0.05, 0) is 42.5 Å². The summed E-state index contributed by atoms with van der Waals surface area (Å²) in [7, 11) is -1.95. The molecule has 1 heterocycles. The van der Waals surface area contributed by atoms with E-state index in [4.69, 9.17) is 4.74 Å². The topological polar surface area (TPSA) is 93.5 Å². The number of nitrogens with one attached hydrogen (secondary N) is 1. The van der Waals surface area contributed by atoms with E-state index in [1.54, 1.807) is 55.9 Å². The fourth-order valence-corrected chi connectivity index (χ4v) is 4.69. The quantitative estimate of drug-likeness (QED) is 0.563. The van der Waals surface area contributed by atoms with Gasteiger partial charge in [-0.25, -0.2) is 13.4 Å². The molecule has 3 aromatic rings. The summed E-state index contributed by atoms with van der Waals surface area (Å²) >= 11 is 0. The largest absolute Gasteiger partial charge is 0.497 e. The SMILES string of the molecule is CCN(CC)S(=O)(=O)c1ccc2c(c1)ncn2CCC(=O)Nc1ccc(OC)cc1. The highest BCUT2D eigenvalue weighted by Gasteiger charge is 2.22. The maximum atomic E-state index is 12.7. The molecule has 1 aromatic heterocycles. The molecular formula is C21H26N4O4S. The number of hydrogen-bond acceptors (Lipinski definition) is 5. The summed E-state index contributed by atoms with van der Waals surface area (Å²) < 4.78 is 33.8. The molecule has 30 heavy (non-hydrogen) atoms. The van der Waals surface area contributed by atoms with Gasteiger partial charge in [0.05, 0.1) is 29.4 Å². The zero-order valence-corrected chi connectivity index (χ0v) is 18.1. The minimum absolute atomic E-state index is 0.122. The lowest BCUT2D eigenvalue weighted by atomic mass is 10.3. The molecule has 1 N–H and O–H groups in total. The van der Waals surface area contributed by atoms with Crippen LogP contribution in [0.2, 0.25) is 0 Å². The Labute approximate surface area is 176 Å². The summed E-state index contributed by atoms with van der Waals surface area (Å²) in [6.07, 6.45) is 1.89. The summed E-state index contributed by atoms with van der Waals surface area (Å²) in [5.74, 6) is 0.600. The number of fused-ring (bicyclic) bond motifs is 1. The van der Waals surface area contributed by atoms with E-state index >= 15 is 0 Å². The third-order valence-corrected chi connectivity index (χ3v) is 6.94. The fourth-order valence-electron chi connectivity index (χ4n) is 3.21. The van der Waals surface area contributed by atoms with Crippen LogP contribution >= 0.6 is 0 Å². The number of methoxy groups -OCH3 is 1. The zero-order chi connectivity index (χ0) is 21.7. The molecule has 0 unspecified atom stereocenters. The molecule has 0 atom stereocenters. The maximum absolute atomic E-state index is 12.7. The highest BCUT2D eigenvalue weighted by Crippen LogP contribution is 2.22. The smallest absolute Gasteiger partial charge is 0.243 e. The van der Waals surface area contributed by atoms with Crippen LogP contribution in [-0.2, 0) is 21.4 Å². The lowest BCUT2D eigenvalue weighted by Crippen LogP contribution is -2.30. The minimum atomic E-state index is -3.54. The Kier molecular flexibility index (Phi) is 6.73. The Bertz CT molecular complexity index is 1120. The number of imidazole rings is 1. The number of hydrogen-bond donors (Lipinski definition) is 1. The van der Waals surface area contributed by atoms with E-state index < -0.39 is 10.0 Å². The number of aryl methyl sites for hydroxylation is 1. The number of ether oxygens (including phenoxy) is 1. The average molecular weight is 431 g/mol. The molecule has 0 aliphatic heterocycles. The Morgan fingerprint density at radius 1 is 1.13 bits per heavy atom. The van der Waals surface area contributed by atoms with Crippen LogP contribution in [0.25, 0.3) is 11.0 Å². The van der Waals surface area contributed by atoms with E-state index in [-0.39, 0.29) is 17.2 Å². The van der Waals surface area contributed by atoms with E-state index in [1.165, 1.54) is 4.31 Å². The lowest BCUT2D eigenvalue weighted by molar-refractivity contribution is -0.116. The van der Waals surface area contributed by atoms with Gasteiger partial charge in [-0.1, -0.05) is 13.8 Å². The number of sulfonamides is 1. The van der Waals surface area contributed by atoms with Crippen LogP contribution in [0.5, 0.6) is 5.75 Å². The summed E-state index contributed by atoms with van der Waals surface area (Å²) in [6.45, 7) is 4.88. The van der Waals surface area contributed by atoms with E-state index in [2.05, 4.69) is 10.3 Å². The first-order valence-electron chi connectivity index (χ1n) is 9.78. The van der Waals surface area contributed by atoms with Crippen LogP contribution in [0.1, 0.15) is 20.3 Å². The Morgan fingerprint density at radius 2 is 1.83 bits per heavy atom. The second-order valence-corrected chi connectivity index (χ2v) is 8.64. The molecule has 0 spiro atoms. The first-order chi connectivity index (χ1) is 14.4. The van der Waals surface area contributed by atoms with Gasteiger partial charge in [0.1, 0.15) is 5.75 Å². The van der Waals surface area contributed by atoms with Gasteiger partial charge in [0.15, 0.2) is 0 Å². The number of carbonyl (C=O) groups excluding carboxylic acids is 1. The molecular weight excluding hydrogens is 404 g/mol. The van der Waals surface area contributed by atoms with Gasteiger partial charge >= 0.3 is 0 Å². The summed E-state index contributed by atoms with van der Waals surface area (Å²) in [4.78, 5) is 16.8. The van der Waals surface area contributed by atoms with Crippen LogP contribution in [0.15, 0.2) is 53.7 Å². The van der Waals surface area contributed by atoms with Crippen molar-refractivity contribution in [3.63, 3.8) is 0 Å². The first kappa shape index (κ1) is 21.8. The van der Waals surface area contributed by atoms with Gasteiger partial charge in [0, 0.05) is 31.7 Å². The van der Waals surface area contributed by atoms with Crippen molar-refractivity contribution in [1.82, 2.24) is 13.9 Å². The minimum Gasteiger partial charge on any atom is -0.497 e. The molecule has 0 saturated heterocycles. The van der Waals surface area contributed by atoms with Crippen LogP contribution in [0.4, 0.5) is 5.69 Å². The first-order valence-corrected chi connectivity index (χ1v) is 11.2. The number of rotatable bonds is 9. The number of amides is 1. The number of aromatic nitrogens is 2. The molecule has 8 nitrogen and oxygen atoms in total. The summed E-state index contributed by atoms with van der Waals surface area (Å²) in [5, 5.41) is 2.84. The highest BCUT2D eigenvalue weighted by molar-refractivity contribution is 7.89. The Morgan fingerprint density at radius 3 is 2.47 bits per heavy atom. The third kappa shape index (κ3) is 4.63. The standard InChI is InChI=1S/C21H26N4O4S/c1-4-25(5-2)30(27,28)18-10-11-20-19(14-18)22-15-24(20)13-12-21(26)23-16-6-8-17(29-3)9-7-16/h6-11,14-15H,4-5,12-13H2,1-3H3,(H,23,26). The van der Waals surface area contributed by atoms with Crippen molar-refractivity contribution in [2.45, 2.75) is 31.7 Å². The molecule has 9 heteroatoms. The van der Waals surface area contributed by atoms with Gasteiger partial charge in [-0.2, -0.15) is 4.31 Å². The fraction of sp³-hybridized carbons (Fsp3) is 0.333. The Hall–Kier alpha value is -2.91. The van der Waals surface area contributed by atoms with Gasteiger partial charge in [0.25, 0.3) is 0 Å². The molecule has 0 fully saturated rings. The van der Waals surface area contributed by atoms with Crippen LogP contribution < -0.4 is 10.1 Å². The molecule has 0 saturated carbocycles. The molecule has 160 valence electrons. The number of benzene rings is 2. The third-order valence-electron chi connectivity index (χ3n) is 4.89. The predicted octanol–water partition coefficient (Wildman–Crippen LogP) is 3.10. The maximum Gasteiger partial charge on any atom is 0.243 e. The second kappa shape index (κ2) is 9.27. The van der Waals surface area contributed by atoms with Crippen molar-refractivity contribution >= 4 is 32.7 Å². The molecule has 0 aliphatic carbocycles. The van der Waals surface area contributed by atoms with Crippen molar-refractivity contribution < 1.29 is 17.9 Å². The van der Waals surface area contributed by atoms with E-state index in [0.717, 1.165) is 11.3 Å². The number of carbonyl (C=O) groups is 1. The molecule has 1 amide bonds. The van der Waals surface area contributed by atoms with Crippen molar-refractivity contribution in [3.05, 3.63) is 48.8 Å². The van der Waals surface area contributed by atoms with Crippen molar-refractivity contribution in [2.75, 3.05) is 25.5 Å². The van der Waals surface area contributed by atoms with Crippen LogP contribution in [0.3, 0.4) is 0 Å². The zero-order valence-electron chi connectivity index (χ0n) is 17.3. The summed E-state index contributed by atoms with van der Waals surface area (Å²) in [6, 6.07) is 12.0. The van der Waals surface area contributed by atoms with E-state index in [0.29, 0.717) is 30.8 Å². The van der Waals surface area contributed by atoms with E-state index in [1.807, 2.05) is 18.4 Å². The number of anilines is 1. The molecule has 0 aliphatic rings. The van der Waals surface area contributed by atoms with Gasteiger partial charge in [0.2, 0.25) is 15.9 Å². The molecule has 2 aromatic carbocycles. The van der Waals surface area contributed by atoms with Gasteiger partial charge in [-0.15, -0.1) is 0 Å². The van der Waals surface area contributed by atoms with Crippen LogP contribution in [0, 0.1) is 0 Å². The number of nitrogens with zero attached hydrogens (tertiary/aromatic N) is 3. The van der Waals surface area contributed by atoms with Gasteiger partial charge < -0.3 is 14.6 Å². The van der Waals surface area contributed by atoms with E-state index in [9.17, 15) is 13.2 Å². The predicted molar refractivity (Wildman–Crippen MR) is 116 cm³/mol. The van der Waals surface area contributed by atoms with Crippen molar-refractivity contribution in [2.24, 2.45) is 0 Å². The average Bonchev–Trinajstić information content (AvgIpc) is 3.16. The Balaban J connectivity index is 1.69. The molecule has 3 rings (SSSR count). The summed E-state index contributed by atoms with van der Waals surface area (Å²) in [5.41, 5.74) is 2.06. The van der Waals surface area contributed by atoms with Crippen LogP contribution in [-0.4, -0.2) is 48.4 Å². The molecule has 0 bridgehead atoms. The van der Waals surface area contributed by atoms with Gasteiger partial charge in [-0.3, -0.25) is 4.79 Å². The highest BCUT2D eigenvalue weighted by atomic mass is 32.2. The van der Waals surface area contributed by atoms with Crippen molar-refractivity contribution in [1.29, 1.82) is 0 Å².